The van der Waals surface area contributed by atoms with Crippen molar-refractivity contribution in [1.29, 1.82) is 0 Å². The van der Waals surface area contributed by atoms with Gasteiger partial charge in [-0.1, -0.05) is 60.7 Å². The number of fused-ring (bicyclic) bond motifs is 1. The fraction of sp³-hybridized carbons (Fsp3) is 0.167. The first-order valence-corrected chi connectivity index (χ1v) is 9.82. The van der Waals surface area contributed by atoms with E-state index in [1.165, 1.54) is 4.90 Å². The molecule has 0 spiro atoms. The number of carbonyl (C=O) groups is 2. The lowest BCUT2D eigenvalue weighted by Crippen LogP contribution is -2.36. The number of carbonyl (C=O) groups excluding carboxylic acids is 2. The number of aromatic hydroxyl groups is 1. The molecule has 150 valence electrons. The van der Waals surface area contributed by atoms with Crippen LogP contribution in [0.25, 0.3) is 0 Å². The SMILES string of the molecule is O=C1[C@H]2[C@@H](ON(c3ccccc3)[C@H]2c2ccc(O)cc2)C(=O)N1Cc1ccccc1. The number of para-hydroxylation sites is 1. The molecule has 0 saturated carbocycles. The van der Waals surface area contributed by atoms with E-state index >= 15 is 0 Å². The average Bonchev–Trinajstić information content (AvgIpc) is 3.28. The molecule has 3 atom stereocenters. The highest BCUT2D eigenvalue weighted by Crippen LogP contribution is 2.47. The Balaban J connectivity index is 1.52. The number of hydrogen-bond donors (Lipinski definition) is 1. The summed E-state index contributed by atoms with van der Waals surface area (Å²) in [6, 6.07) is 25.1. The summed E-state index contributed by atoms with van der Waals surface area (Å²) in [5.41, 5.74) is 2.45. The second-order valence-corrected chi connectivity index (χ2v) is 7.50. The summed E-state index contributed by atoms with van der Waals surface area (Å²) in [5.74, 6) is -1.09. The van der Waals surface area contributed by atoms with Crippen molar-refractivity contribution < 1.29 is 19.5 Å². The smallest absolute Gasteiger partial charge is 0.262 e. The maximum absolute atomic E-state index is 13.4. The van der Waals surface area contributed by atoms with Gasteiger partial charge in [0.15, 0.2) is 6.10 Å². The molecule has 0 aliphatic carbocycles. The molecular weight excluding hydrogens is 380 g/mol. The van der Waals surface area contributed by atoms with Gasteiger partial charge in [0, 0.05) is 0 Å². The van der Waals surface area contributed by atoms with E-state index in [9.17, 15) is 14.7 Å². The summed E-state index contributed by atoms with van der Waals surface area (Å²) < 4.78 is 0. The van der Waals surface area contributed by atoms with Crippen LogP contribution in [0.2, 0.25) is 0 Å². The number of imide groups is 1. The zero-order valence-electron chi connectivity index (χ0n) is 16.1. The number of benzene rings is 3. The lowest BCUT2D eigenvalue weighted by molar-refractivity contribution is -0.143. The van der Waals surface area contributed by atoms with Crippen LogP contribution in [-0.4, -0.2) is 27.9 Å². The molecule has 2 saturated heterocycles. The first-order valence-electron chi connectivity index (χ1n) is 9.82. The second-order valence-electron chi connectivity index (χ2n) is 7.50. The van der Waals surface area contributed by atoms with E-state index in [1.54, 1.807) is 29.3 Å². The number of rotatable bonds is 4. The van der Waals surface area contributed by atoms with Crippen LogP contribution in [0.3, 0.4) is 0 Å². The first-order chi connectivity index (χ1) is 14.6. The Hall–Kier alpha value is -3.64. The summed E-state index contributed by atoms with van der Waals surface area (Å²) in [6.45, 7) is 0.225. The number of likely N-dealkylation sites (tertiary alicyclic amines) is 1. The number of amides is 2. The van der Waals surface area contributed by atoms with Crippen LogP contribution in [0.1, 0.15) is 17.2 Å². The van der Waals surface area contributed by atoms with Gasteiger partial charge in [-0.05, 0) is 35.4 Å². The molecule has 2 amide bonds. The van der Waals surface area contributed by atoms with Crippen molar-refractivity contribution >= 4 is 17.5 Å². The maximum atomic E-state index is 13.4. The molecule has 1 N–H and O–H groups in total. The van der Waals surface area contributed by atoms with Crippen LogP contribution >= 0.6 is 0 Å². The molecule has 0 bridgehead atoms. The normalized spacial score (nSPS) is 23.1. The Morgan fingerprint density at radius 1 is 0.800 bits per heavy atom. The zero-order chi connectivity index (χ0) is 20.7. The van der Waals surface area contributed by atoms with Gasteiger partial charge in [-0.2, -0.15) is 0 Å². The third kappa shape index (κ3) is 3.02. The highest BCUT2D eigenvalue weighted by molar-refractivity contribution is 6.07. The highest BCUT2D eigenvalue weighted by Gasteiger charge is 2.59. The van der Waals surface area contributed by atoms with Gasteiger partial charge in [-0.3, -0.25) is 19.3 Å². The zero-order valence-corrected chi connectivity index (χ0v) is 16.1. The van der Waals surface area contributed by atoms with Crippen molar-refractivity contribution in [3.8, 4) is 5.75 Å². The van der Waals surface area contributed by atoms with Crippen LogP contribution in [0.4, 0.5) is 5.69 Å². The van der Waals surface area contributed by atoms with Crippen LogP contribution in [0.5, 0.6) is 5.75 Å². The van der Waals surface area contributed by atoms with E-state index in [0.717, 1.165) is 16.8 Å². The Morgan fingerprint density at radius 3 is 2.10 bits per heavy atom. The molecular formula is C24H20N2O4. The largest absolute Gasteiger partial charge is 0.508 e. The van der Waals surface area contributed by atoms with Crippen LogP contribution in [0, 0.1) is 5.92 Å². The van der Waals surface area contributed by atoms with Crippen LogP contribution < -0.4 is 5.06 Å². The number of hydroxylamine groups is 1. The minimum atomic E-state index is -0.875. The molecule has 30 heavy (non-hydrogen) atoms. The molecule has 2 aliphatic rings. The van der Waals surface area contributed by atoms with E-state index < -0.39 is 18.1 Å². The quantitative estimate of drug-likeness (QED) is 0.680. The molecule has 3 aromatic rings. The summed E-state index contributed by atoms with van der Waals surface area (Å²) in [5, 5.41) is 11.3. The summed E-state index contributed by atoms with van der Waals surface area (Å²) in [7, 11) is 0. The Morgan fingerprint density at radius 2 is 1.43 bits per heavy atom. The summed E-state index contributed by atoms with van der Waals surface area (Å²) >= 11 is 0. The minimum Gasteiger partial charge on any atom is -0.508 e. The van der Waals surface area contributed by atoms with Crippen molar-refractivity contribution in [1.82, 2.24) is 4.90 Å². The fourth-order valence-corrected chi connectivity index (χ4v) is 4.20. The van der Waals surface area contributed by atoms with Gasteiger partial charge in [0.1, 0.15) is 11.7 Å². The molecule has 0 unspecified atom stereocenters. The van der Waals surface area contributed by atoms with E-state index in [-0.39, 0.29) is 24.1 Å². The van der Waals surface area contributed by atoms with Gasteiger partial charge in [-0.15, -0.1) is 0 Å². The van der Waals surface area contributed by atoms with E-state index in [1.807, 2.05) is 60.7 Å². The maximum Gasteiger partial charge on any atom is 0.262 e. The average molecular weight is 400 g/mol. The summed E-state index contributed by atoms with van der Waals surface area (Å²) in [4.78, 5) is 33.9. The fourth-order valence-electron chi connectivity index (χ4n) is 4.20. The molecule has 0 radical (unpaired) electrons. The van der Waals surface area contributed by atoms with Crippen LogP contribution in [0.15, 0.2) is 84.9 Å². The van der Waals surface area contributed by atoms with Gasteiger partial charge in [0.05, 0.1) is 18.3 Å². The van der Waals surface area contributed by atoms with Crippen molar-refractivity contribution in [3.05, 3.63) is 96.1 Å². The first kappa shape index (κ1) is 18.4. The minimum absolute atomic E-state index is 0.139. The molecule has 3 aromatic carbocycles. The van der Waals surface area contributed by atoms with Crippen molar-refractivity contribution in [2.24, 2.45) is 5.92 Å². The van der Waals surface area contributed by atoms with Crippen molar-refractivity contribution in [2.75, 3.05) is 5.06 Å². The van der Waals surface area contributed by atoms with Crippen molar-refractivity contribution in [2.45, 2.75) is 18.7 Å². The van der Waals surface area contributed by atoms with Gasteiger partial charge in [0.25, 0.3) is 5.91 Å². The van der Waals surface area contributed by atoms with Gasteiger partial charge in [-0.25, -0.2) is 5.06 Å². The van der Waals surface area contributed by atoms with Gasteiger partial charge < -0.3 is 5.11 Å². The monoisotopic (exact) mass is 400 g/mol. The Kier molecular flexibility index (Phi) is 4.48. The number of nitrogens with zero attached hydrogens (tertiary/aromatic N) is 2. The Labute approximate surface area is 173 Å². The molecule has 2 aliphatic heterocycles. The standard InChI is InChI=1S/C24H20N2O4/c27-19-13-11-17(12-14-19)21-20-22(30-26(21)18-9-5-2-6-10-18)24(29)25(23(20)28)15-16-7-3-1-4-8-16/h1-14,20-22,27H,15H2/t20-,21+,22-/m1/s1. The molecule has 2 heterocycles. The third-order valence-electron chi connectivity index (χ3n) is 5.64. The predicted octanol–water partition coefficient (Wildman–Crippen LogP) is 3.44. The second kappa shape index (κ2) is 7.31. The molecule has 2 fully saturated rings. The third-order valence-corrected chi connectivity index (χ3v) is 5.64. The number of phenols is 1. The van der Waals surface area contributed by atoms with Crippen molar-refractivity contribution in [3.63, 3.8) is 0 Å². The Bertz CT molecular complexity index is 1070. The van der Waals surface area contributed by atoms with E-state index in [4.69, 9.17) is 4.84 Å². The highest BCUT2D eigenvalue weighted by atomic mass is 16.7. The topological polar surface area (TPSA) is 70.1 Å². The summed E-state index contributed by atoms with van der Waals surface area (Å²) in [6.07, 6.45) is -0.875. The lowest BCUT2D eigenvalue weighted by Gasteiger charge is -2.28. The molecule has 0 aromatic heterocycles. The molecule has 6 heteroatoms. The van der Waals surface area contributed by atoms with Gasteiger partial charge >= 0.3 is 0 Å². The number of anilines is 1. The molecule has 5 rings (SSSR count). The number of hydrogen-bond acceptors (Lipinski definition) is 5. The van der Waals surface area contributed by atoms with E-state index in [0.29, 0.717) is 0 Å². The number of phenolic OH excluding ortho intramolecular Hbond substituents is 1. The van der Waals surface area contributed by atoms with E-state index in [2.05, 4.69) is 0 Å². The van der Waals surface area contributed by atoms with Crippen LogP contribution in [-0.2, 0) is 21.0 Å². The molecule has 6 nitrogen and oxygen atoms in total. The van der Waals surface area contributed by atoms with Gasteiger partial charge in [0.2, 0.25) is 5.91 Å². The lowest BCUT2D eigenvalue weighted by atomic mass is 9.90. The predicted molar refractivity (Wildman–Crippen MR) is 110 cm³/mol.